The number of nitro benzene ring substituents is 1. The van der Waals surface area contributed by atoms with E-state index in [-0.39, 0.29) is 30.6 Å². The van der Waals surface area contributed by atoms with Crippen LogP contribution in [0.5, 0.6) is 5.75 Å². The lowest BCUT2D eigenvalue weighted by atomic mass is 10.0. The number of hydrogen-bond acceptors (Lipinski definition) is 9. The second-order valence-electron chi connectivity index (χ2n) is 6.31. The molecule has 0 aromatic heterocycles. The first kappa shape index (κ1) is 22.1. The van der Waals surface area contributed by atoms with Gasteiger partial charge >= 0.3 is 17.6 Å². The van der Waals surface area contributed by atoms with Crippen molar-refractivity contribution in [2.75, 3.05) is 7.11 Å². The summed E-state index contributed by atoms with van der Waals surface area (Å²) < 4.78 is 20.9. The molecule has 29 heavy (non-hydrogen) atoms. The number of esters is 2. The Bertz CT molecular complexity index is 816. The molecule has 1 fully saturated rings. The van der Waals surface area contributed by atoms with Crippen molar-refractivity contribution in [2.24, 2.45) is 0 Å². The molecular formula is C19H21NO9. The van der Waals surface area contributed by atoms with Gasteiger partial charge in [0.05, 0.1) is 18.1 Å². The maximum Gasteiger partial charge on any atom is 0.335 e. The predicted octanol–water partition coefficient (Wildman–Crippen LogP) is 1.64. The molecular weight excluding hydrogens is 386 g/mol. The highest BCUT2D eigenvalue weighted by atomic mass is 16.7. The first-order valence-electron chi connectivity index (χ1n) is 8.72. The summed E-state index contributed by atoms with van der Waals surface area (Å²) in [6.07, 6.45) is 1.38. The quantitative estimate of drug-likeness (QED) is 0.310. The van der Waals surface area contributed by atoms with Gasteiger partial charge in [-0.1, -0.05) is 6.07 Å². The Hall–Kier alpha value is -3.16. The van der Waals surface area contributed by atoms with E-state index in [1.807, 2.05) is 0 Å². The van der Waals surface area contributed by atoms with Crippen molar-refractivity contribution in [2.45, 2.75) is 50.8 Å². The fraction of sp³-hybridized carbons (Fsp3) is 0.474. The van der Waals surface area contributed by atoms with Crippen LogP contribution >= 0.6 is 0 Å². The van der Waals surface area contributed by atoms with Crippen LogP contribution < -0.4 is 4.74 Å². The van der Waals surface area contributed by atoms with Gasteiger partial charge in [-0.25, -0.2) is 4.79 Å². The first-order valence-corrected chi connectivity index (χ1v) is 8.72. The number of ether oxygens (including phenoxy) is 4. The second-order valence-corrected chi connectivity index (χ2v) is 6.31. The van der Waals surface area contributed by atoms with E-state index in [0.29, 0.717) is 0 Å². The van der Waals surface area contributed by atoms with Gasteiger partial charge in [0.1, 0.15) is 6.10 Å². The molecule has 1 aliphatic rings. The molecule has 1 N–H and O–H groups in total. The molecule has 4 atom stereocenters. The zero-order chi connectivity index (χ0) is 21.6. The molecule has 1 saturated heterocycles. The van der Waals surface area contributed by atoms with Crippen LogP contribution in [-0.2, 0) is 23.8 Å². The van der Waals surface area contributed by atoms with Crippen LogP contribution in [0.15, 0.2) is 18.2 Å². The molecule has 156 valence electrons. The molecule has 0 aliphatic carbocycles. The minimum Gasteiger partial charge on any atom is -0.467 e. The van der Waals surface area contributed by atoms with Gasteiger partial charge in [-0.3, -0.25) is 14.9 Å². The summed E-state index contributed by atoms with van der Waals surface area (Å²) in [5, 5.41) is 21.4. The Kier molecular flexibility index (Phi) is 7.52. The maximum absolute atomic E-state index is 11.9. The molecule has 3 unspecified atom stereocenters. The lowest BCUT2D eigenvalue weighted by Gasteiger charge is -2.33. The highest BCUT2D eigenvalue weighted by Gasteiger charge is 2.38. The number of nitro groups is 1. The Labute approximate surface area is 166 Å². The van der Waals surface area contributed by atoms with Gasteiger partial charge in [0.2, 0.25) is 6.29 Å². The SMILES string of the molecule is C#CC[C@H](O)c1ccc(OC2CC(OC(C)=O)CC(C(=O)OC)O2)c([N+](=O)[O-])c1. The highest BCUT2D eigenvalue weighted by molar-refractivity contribution is 5.74. The Balaban J connectivity index is 2.25. The minimum atomic E-state index is -1.10. The van der Waals surface area contributed by atoms with E-state index in [2.05, 4.69) is 10.7 Å². The summed E-state index contributed by atoms with van der Waals surface area (Å²) in [5.41, 5.74) is -0.150. The van der Waals surface area contributed by atoms with E-state index in [9.17, 15) is 24.8 Å². The Morgan fingerprint density at radius 1 is 1.45 bits per heavy atom. The van der Waals surface area contributed by atoms with Crippen LogP contribution in [0, 0.1) is 22.5 Å². The third-order valence-electron chi connectivity index (χ3n) is 4.18. The van der Waals surface area contributed by atoms with Crippen molar-refractivity contribution >= 4 is 17.6 Å². The number of hydrogen-bond donors (Lipinski definition) is 1. The number of benzene rings is 1. The van der Waals surface area contributed by atoms with Crippen molar-refractivity contribution in [3.63, 3.8) is 0 Å². The van der Waals surface area contributed by atoms with Crippen LogP contribution in [0.25, 0.3) is 0 Å². The Morgan fingerprint density at radius 3 is 2.76 bits per heavy atom. The molecule has 0 saturated carbocycles. The average Bonchev–Trinajstić information content (AvgIpc) is 2.66. The maximum atomic E-state index is 11.9. The lowest BCUT2D eigenvalue weighted by Crippen LogP contribution is -2.44. The molecule has 0 bridgehead atoms. The number of methoxy groups -OCH3 is 1. The summed E-state index contributed by atoms with van der Waals surface area (Å²) >= 11 is 0. The molecule has 2 rings (SSSR count). The lowest BCUT2D eigenvalue weighted by molar-refractivity contribution is -0.386. The highest BCUT2D eigenvalue weighted by Crippen LogP contribution is 2.34. The van der Waals surface area contributed by atoms with Crippen LogP contribution in [-0.4, -0.2) is 47.6 Å². The van der Waals surface area contributed by atoms with E-state index < -0.39 is 47.2 Å². The zero-order valence-corrected chi connectivity index (χ0v) is 15.9. The van der Waals surface area contributed by atoms with Crippen molar-refractivity contribution < 1.29 is 38.6 Å². The van der Waals surface area contributed by atoms with E-state index in [1.165, 1.54) is 26.2 Å². The van der Waals surface area contributed by atoms with E-state index in [1.54, 1.807) is 0 Å². The number of aliphatic hydroxyl groups excluding tert-OH is 1. The van der Waals surface area contributed by atoms with Crippen molar-refractivity contribution in [3.05, 3.63) is 33.9 Å². The third kappa shape index (κ3) is 5.91. The summed E-state index contributed by atoms with van der Waals surface area (Å²) in [7, 11) is 1.18. The van der Waals surface area contributed by atoms with Gasteiger partial charge in [-0.15, -0.1) is 12.3 Å². The topological polar surface area (TPSA) is 134 Å². The fourth-order valence-electron chi connectivity index (χ4n) is 2.89. The van der Waals surface area contributed by atoms with Crippen molar-refractivity contribution in [1.82, 2.24) is 0 Å². The van der Waals surface area contributed by atoms with E-state index >= 15 is 0 Å². The largest absolute Gasteiger partial charge is 0.467 e. The molecule has 10 nitrogen and oxygen atoms in total. The van der Waals surface area contributed by atoms with Crippen LogP contribution in [0.1, 0.15) is 37.9 Å². The normalized spacial score (nSPS) is 22.1. The molecule has 1 aromatic carbocycles. The minimum absolute atomic E-state index is 0.00598. The van der Waals surface area contributed by atoms with Crippen LogP contribution in [0.4, 0.5) is 5.69 Å². The van der Waals surface area contributed by atoms with Crippen LogP contribution in [0.3, 0.4) is 0 Å². The monoisotopic (exact) mass is 407 g/mol. The fourth-order valence-corrected chi connectivity index (χ4v) is 2.89. The van der Waals surface area contributed by atoms with Gasteiger partial charge < -0.3 is 24.1 Å². The second kappa shape index (κ2) is 9.86. The number of carbonyl (C=O) groups excluding carboxylic acids is 2. The third-order valence-corrected chi connectivity index (χ3v) is 4.18. The van der Waals surface area contributed by atoms with Gasteiger partial charge in [-0.2, -0.15) is 0 Å². The summed E-state index contributed by atoms with van der Waals surface area (Å²) in [6, 6.07) is 3.90. The molecule has 0 amide bonds. The number of carbonyl (C=O) groups is 2. The Morgan fingerprint density at radius 2 is 2.17 bits per heavy atom. The molecule has 10 heteroatoms. The summed E-state index contributed by atoms with van der Waals surface area (Å²) in [6.45, 7) is 1.23. The van der Waals surface area contributed by atoms with Crippen molar-refractivity contribution in [1.29, 1.82) is 0 Å². The summed E-state index contributed by atoms with van der Waals surface area (Å²) in [4.78, 5) is 33.9. The number of rotatable bonds is 7. The van der Waals surface area contributed by atoms with Gasteiger partial charge in [0, 0.05) is 32.3 Å². The van der Waals surface area contributed by atoms with Gasteiger partial charge in [-0.05, 0) is 11.6 Å². The predicted molar refractivity (Wildman–Crippen MR) is 97.6 cm³/mol. The first-order chi connectivity index (χ1) is 13.7. The molecule has 1 aliphatic heterocycles. The number of nitrogens with zero attached hydrogens (tertiary/aromatic N) is 1. The molecule has 0 spiro atoms. The van der Waals surface area contributed by atoms with Gasteiger partial charge in [0.25, 0.3) is 0 Å². The van der Waals surface area contributed by atoms with Crippen molar-refractivity contribution in [3.8, 4) is 18.1 Å². The van der Waals surface area contributed by atoms with Crippen LogP contribution in [0.2, 0.25) is 0 Å². The molecule has 1 aromatic rings. The molecule has 0 radical (unpaired) electrons. The average molecular weight is 407 g/mol. The van der Waals surface area contributed by atoms with Gasteiger partial charge in [0.15, 0.2) is 11.9 Å². The molecule has 1 heterocycles. The van der Waals surface area contributed by atoms with E-state index in [4.69, 9.17) is 20.6 Å². The number of aliphatic hydroxyl groups is 1. The zero-order valence-electron chi connectivity index (χ0n) is 15.9. The standard InChI is InChI=1S/C19H21NO9/c1-4-5-15(22)12-6-7-16(14(8-12)20(24)25)28-18-10-13(27-11(2)21)9-17(29-18)19(23)26-3/h1,6-8,13,15,17-18,22H,5,9-10H2,2-3H3/t13?,15-,17?,18?/m0/s1. The number of terminal acetylenes is 1. The summed E-state index contributed by atoms with van der Waals surface area (Å²) in [5.74, 6) is 0.918. The smallest absolute Gasteiger partial charge is 0.335 e. The van der Waals surface area contributed by atoms with E-state index in [0.717, 1.165) is 6.07 Å².